The van der Waals surface area contributed by atoms with Crippen molar-refractivity contribution in [1.29, 1.82) is 0 Å². The van der Waals surface area contributed by atoms with Crippen LogP contribution in [0.4, 0.5) is 4.39 Å². The number of halogens is 2. The van der Waals surface area contributed by atoms with Crippen LogP contribution in [0, 0.1) is 5.92 Å². The zero-order chi connectivity index (χ0) is 21.2. The average molecular weight is 440 g/mol. The van der Waals surface area contributed by atoms with E-state index in [2.05, 4.69) is 5.32 Å². The van der Waals surface area contributed by atoms with Gasteiger partial charge in [-0.05, 0) is 62.8 Å². The van der Waals surface area contributed by atoms with Gasteiger partial charge in [0.2, 0.25) is 0 Å². The van der Waals surface area contributed by atoms with Gasteiger partial charge in [0.05, 0.1) is 16.6 Å². The van der Waals surface area contributed by atoms with Gasteiger partial charge in [-0.1, -0.05) is 0 Å². The number of nitrogens with one attached hydrogen (secondary N) is 1. The molecule has 0 saturated heterocycles. The molecule has 2 aliphatic heterocycles. The zero-order valence-corrected chi connectivity index (χ0v) is 17.5. The molecule has 164 valence electrons. The fourth-order valence-electron chi connectivity index (χ4n) is 5.96. The van der Waals surface area contributed by atoms with E-state index in [-0.39, 0.29) is 11.5 Å². The van der Waals surface area contributed by atoms with Crippen molar-refractivity contribution in [2.75, 3.05) is 13.1 Å². The molecule has 4 aliphatic rings. The number of carbonyl (C=O) groups excluding carboxylic acids is 1. The molecule has 3 N–H and O–H groups in total. The second-order valence-corrected chi connectivity index (χ2v) is 9.79. The first kappa shape index (κ1) is 20.3. The van der Waals surface area contributed by atoms with E-state index in [1.54, 1.807) is 4.90 Å². The van der Waals surface area contributed by atoms with Gasteiger partial charge < -0.3 is 15.1 Å². The normalized spacial score (nSPS) is 32.5. The van der Waals surface area contributed by atoms with Crippen LogP contribution in [0.25, 0.3) is 0 Å². The number of aromatic nitrogens is 1. The fourth-order valence-corrected chi connectivity index (χ4v) is 6.33. The lowest BCUT2D eigenvalue weighted by atomic mass is 9.86. The Hall–Kier alpha value is -1.64. The van der Waals surface area contributed by atoms with E-state index in [1.807, 2.05) is 0 Å². The summed E-state index contributed by atoms with van der Waals surface area (Å²) < 4.78 is 15.2. The SMILES string of the molecule is O=C1c2c(c3n(c(=O)c2O)C2(CCCC2)NC3O)CCN1CC1CCC(F)C(Cl)C1. The third-order valence-electron chi connectivity index (χ3n) is 7.43. The summed E-state index contributed by atoms with van der Waals surface area (Å²) >= 11 is 6.09. The number of carbonyl (C=O) groups is 1. The molecule has 7 nitrogen and oxygen atoms in total. The minimum Gasteiger partial charge on any atom is -0.502 e. The molecular weight excluding hydrogens is 413 g/mol. The van der Waals surface area contributed by atoms with Gasteiger partial charge in [0, 0.05) is 13.1 Å². The molecule has 1 amide bonds. The van der Waals surface area contributed by atoms with Crippen molar-refractivity contribution in [3.8, 4) is 5.75 Å². The largest absolute Gasteiger partial charge is 0.502 e. The smallest absolute Gasteiger partial charge is 0.295 e. The number of amides is 1. The lowest BCUT2D eigenvalue weighted by Gasteiger charge is -2.36. The predicted molar refractivity (Wildman–Crippen MR) is 108 cm³/mol. The Morgan fingerprint density at radius 2 is 1.97 bits per heavy atom. The van der Waals surface area contributed by atoms with E-state index in [4.69, 9.17) is 11.6 Å². The third-order valence-corrected chi connectivity index (χ3v) is 7.88. The van der Waals surface area contributed by atoms with Crippen LogP contribution >= 0.6 is 11.6 Å². The molecule has 9 heteroatoms. The second kappa shape index (κ2) is 7.21. The molecule has 30 heavy (non-hydrogen) atoms. The van der Waals surface area contributed by atoms with E-state index >= 15 is 0 Å². The maximum Gasteiger partial charge on any atom is 0.295 e. The van der Waals surface area contributed by atoms with Crippen molar-refractivity contribution >= 4 is 17.5 Å². The van der Waals surface area contributed by atoms with Crippen molar-refractivity contribution in [3.63, 3.8) is 0 Å². The van der Waals surface area contributed by atoms with E-state index < -0.39 is 40.7 Å². The Bertz CT molecular complexity index is 945. The van der Waals surface area contributed by atoms with Crippen molar-refractivity contribution in [2.45, 2.75) is 74.8 Å². The Kier molecular flexibility index (Phi) is 4.87. The summed E-state index contributed by atoms with van der Waals surface area (Å²) in [4.78, 5) is 28.0. The first-order valence-corrected chi connectivity index (χ1v) is 11.3. The Balaban J connectivity index is 1.49. The van der Waals surface area contributed by atoms with Crippen LogP contribution in [0.2, 0.25) is 0 Å². The molecule has 2 aliphatic carbocycles. The maximum absolute atomic E-state index is 13.7. The highest BCUT2D eigenvalue weighted by molar-refractivity contribution is 6.21. The number of aromatic hydroxyl groups is 1. The zero-order valence-electron chi connectivity index (χ0n) is 16.7. The van der Waals surface area contributed by atoms with Gasteiger partial charge in [-0.3, -0.25) is 19.5 Å². The minimum atomic E-state index is -1.04. The first-order valence-electron chi connectivity index (χ1n) is 10.9. The van der Waals surface area contributed by atoms with Gasteiger partial charge in [0.1, 0.15) is 18.1 Å². The van der Waals surface area contributed by atoms with Crippen molar-refractivity contribution < 1.29 is 19.4 Å². The quantitative estimate of drug-likeness (QED) is 0.613. The lowest BCUT2D eigenvalue weighted by Crippen LogP contribution is -2.46. The second-order valence-electron chi connectivity index (χ2n) is 9.23. The molecule has 0 radical (unpaired) electrons. The van der Waals surface area contributed by atoms with Crippen molar-refractivity contribution in [2.24, 2.45) is 5.92 Å². The Labute approximate surface area is 178 Å². The highest BCUT2D eigenvalue weighted by Crippen LogP contribution is 2.44. The summed E-state index contributed by atoms with van der Waals surface area (Å²) in [5, 5.41) is 24.1. The number of rotatable bonds is 2. The molecule has 4 unspecified atom stereocenters. The van der Waals surface area contributed by atoms with Gasteiger partial charge in [-0.25, -0.2) is 4.39 Å². The molecule has 0 bridgehead atoms. The third kappa shape index (κ3) is 2.91. The van der Waals surface area contributed by atoms with Gasteiger partial charge >= 0.3 is 0 Å². The van der Waals surface area contributed by atoms with Crippen LogP contribution in [-0.4, -0.2) is 50.2 Å². The number of alkyl halides is 2. The van der Waals surface area contributed by atoms with E-state index in [0.29, 0.717) is 62.9 Å². The van der Waals surface area contributed by atoms with Crippen LogP contribution < -0.4 is 10.9 Å². The molecule has 2 fully saturated rings. The summed E-state index contributed by atoms with van der Waals surface area (Å²) in [6.07, 6.45) is 3.20. The molecule has 1 aromatic heterocycles. The van der Waals surface area contributed by atoms with Crippen LogP contribution in [0.1, 0.15) is 72.8 Å². The monoisotopic (exact) mass is 439 g/mol. The van der Waals surface area contributed by atoms with Crippen LogP contribution in [-0.2, 0) is 12.1 Å². The molecular formula is C21H27ClFN3O4. The molecule has 1 aromatic rings. The van der Waals surface area contributed by atoms with E-state index in [0.717, 1.165) is 12.8 Å². The highest BCUT2D eigenvalue weighted by Gasteiger charge is 2.49. The summed E-state index contributed by atoms with van der Waals surface area (Å²) in [7, 11) is 0. The molecule has 2 saturated carbocycles. The topological polar surface area (TPSA) is 94.8 Å². The number of nitrogens with zero attached hydrogens (tertiary/aromatic N) is 2. The van der Waals surface area contributed by atoms with E-state index in [1.165, 1.54) is 4.57 Å². The molecule has 5 rings (SSSR count). The van der Waals surface area contributed by atoms with Crippen LogP contribution in [0.5, 0.6) is 5.75 Å². The van der Waals surface area contributed by atoms with Gasteiger partial charge in [0.15, 0.2) is 5.75 Å². The van der Waals surface area contributed by atoms with Crippen molar-refractivity contribution in [3.05, 3.63) is 27.2 Å². The summed E-state index contributed by atoms with van der Waals surface area (Å²) in [5.41, 5.74) is -0.321. The number of aliphatic hydroxyl groups excluding tert-OH is 1. The van der Waals surface area contributed by atoms with Crippen LogP contribution in [0.15, 0.2) is 4.79 Å². The number of hydrogen-bond donors (Lipinski definition) is 3. The standard InChI is InChI=1S/C21H27ClFN3O4/c22-13-9-11(3-4-14(13)23)10-25-8-5-12-15(19(25)29)17(27)20(30)26-16(12)18(28)24-21(26)6-1-2-7-21/h11,13-14,18,24,27-28H,1-10H2. The van der Waals surface area contributed by atoms with Gasteiger partial charge in [0.25, 0.3) is 11.5 Å². The average Bonchev–Trinajstić information content (AvgIpc) is 3.29. The number of fused-ring (bicyclic) bond motifs is 4. The summed E-state index contributed by atoms with van der Waals surface area (Å²) in [5.74, 6) is -0.840. The molecule has 3 heterocycles. The van der Waals surface area contributed by atoms with Crippen LogP contribution in [0.3, 0.4) is 0 Å². The molecule has 1 spiro atoms. The first-order chi connectivity index (χ1) is 14.3. The van der Waals surface area contributed by atoms with Gasteiger partial charge in [-0.2, -0.15) is 0 Å². The maximum atomic E-state index is 13.7. The highest BCUT2D eigenvalue weighted by atomic mass is 35.5. The summed E-state index contributed by atoms with van der Waals surface area (Å²) in [6.45, 7) is 0.857. The molecule has 0 aromatic carbocycles. The summed E-state index contributed by atoms with van der Waals surface area (Å²) in [6, 6.07) is 0. The van der Waals surface area contributed by atoms with E-state index in [9.17, 15) is 24.2 Å². The Morgan fingerprint density at radius 3 is 2.67 bits per heavy atom. The number of pyridine rings is 1. The van der Waals surface area contributed by atoms with Crippen molar-refractivity contribution in [1.82, 2.24) is 14.8 Å². The Morgan fingerprint density at radius 1 is 1.23 bits per heavy atom. The lowest BCUT2D eigenvalue weighted by molar-refractivity contribution is 0.0677. The van der Waals surface area contributed by atoms with Gasteiger partial charge in [-0.15, -0.1) is 11.6 Å². The number of hydrogen-bond acceptors (Lipinski definition) is 5. The minimum absolute atomic E-state index is 0.00926. The molecule has 4 atom stereocenters. The predicted octanol–water partition coefficient (Wildman–Crippen LogP) is 2.12. The number of aliphatic hydroxyl groups is 1. The fraction of sp³-hybridized carbons (Fsp3) is 0.714.